The van der Waals surface area contributed by atoms with E-state index in [4.69, 9.17) is 9.72 Å². The number of nitrogens with zero attached hydrogens (tertiary/aromatic N) is 2. The molecule has 1 N–H and O–H groups in total. The van der Waals surface area contributed by atoms with Crippen LogP contribution in [-0.4, -0.2) is 43.0 Å². The highest BCUT2D eigenvalue weighted by Gasteiger charge is 2.48. The molecular weight excluding hydrogens is 272 g/mol. The monoisotopic (exact) mass is 290 g/mol. The molecule has 4 rings (SSSR count). The van der Waals surface area contributed by atoms with Crippen molar-refractivity contribution in [2.24, 2.45) is 11.3 Å². The van der Waals surface area contributed by atoms with Gasteiger partial charge < -0.3 is 14.7 Å². The number of benzene rings is 1. The van der Waals surface area contributed by atoms with Crippen LogP contribution in [0.25, 0.3) is 10.2 Å². The van der Waals surface area contributed by atoms with Crippen LogP contribution >= 0.6 is 11.3 Å². The highest BCUT2D eigenvalue weighted by Crippen LogP contribution is 2.44. The third kappa shape index (κ3) is 1.84. The SMILES string of the molecule is OC[C@]12CCOC[C@H]1CN(c1nc3ccccc3s1)C2. The molecule has 0 aliphatic carbocycles. The molecule has 106 valence electrons. The number of hydrogen-bond acceptors (Lipinski definition) is 5. The fraction of sp³-hybridized carbons (Fsp3) is 0.533. The van der Waals surface area contributed by atoms with E-state index < -0.39 is 0 Å². The number of aliphatic hydroxyl groups is 1. The molecule has 0 bridgehead atoms. The van der Waals surface area contributed by atoms with E-state index in [-0.39, 0.29) is 12.0 Å². The summed E-state index contributed by atoms with van der Waals surface area (Å²) in [5, 5.41) is 10.9. The molecule has 2 aliphatic rings. The van der Waals surface area contributed by atoms with Crippen molar-refractivity contribution in [3.63, 3.8) is 0 Å². The van der Waals surface area contributed by atoms with Gasteiger partial charge in [0.1, 0.15) is 0 Å². The van der Waals surface area contributed by atoms with Gasteiger partial charge in [-0.15, -0.1) is 0 Å². The Hall–Kier alpha value is -1.17. The molecule has 1 aromatic carbocycles. The van der Waals surface area contributed by atoms with Crippen molar-refractivity contribution in [3.05, 3.63) is 24.3 Å². The van der Waals surface area contributed by atoms with E-state index in [0.717, 1.165) is 43.4 Å². The number of rotatable bonds is 2. The van der Waals surface area contributed by atoms with Crippen LogP contribution in [-0.2, 0) is 4.74 Å². The minimum Gasteiger partial charge on any atom is -0.396 e. The second-order valence-electron chi connectivity index (χ2n) is 5.89. The number of aromatic nitrogens is 1. The van der Waals surface area contributed by atoms with Crippen LogP contribution in [0.4, 0.5) is 5.13 Å². The Labute approximate surface area is 122 Å². The maximum Gasteiger partial charge on any atom is 0.186 e. The first-order valence-corrected chi connectivity index (χ1v) is 7.91. The molecule has 2 fully saturated rings. The fourth-order valence-electron chi connectivity index (χ4n) is 3.45. The minimum atomic E-state index is 0.0100. The first-order valence-electron chi connectivity index (χ1n) is 7.10. The lowest BCUT2D eigenvalue weighted by Crippen LogP contribution is -2.41. The average Bonchev–Trinajstić information content (AvgIpc) is 3.08. The topological polar surface area (TPSA) is 45.6 Å². The number of ether oxygens (including phenoxy) is 1. The predicted molar refractivity (Wildman–Crippen MR) is 80.3 cm³/mol. The first-order chi connectivity index (χ1) is 9.81. The quantitative estimate of drug-likeness (QED) is 0.920. The van der Waals surface area contributed by atoms with Crippen LogP contribution in [0.15, 0.2) is 24.3 Å². The lowest BCUT2D eigenvalue weighted by atomic mass is 9.75. The van der Waals surface area contributed by atoms with Crippen molar-refractivity contribution in [3.8, 4) is 0 Å². The van der Waals surface area contributed by atoms with Crippen molar-refractivity contribution >= 4 is 26.7 Å². The standard InChI is InChI=1S/C15H18N2O2S/c18-10-15-5-6-19-8-11(15)7-17(9-15)14-16-12-3-1-2-4-13(12)20-14/h1-4,11,18H,5-10H2/t11-,15-/m1/s1. The van der Waals surface area contributed by atoms with Crippen molar-refractivity contribution in [1.29, 1.82) is 0 Å². The number of para-hydroxylation sites is 1. The van der Waals surface area contributed by atoms with Crippen LogP contribution in [0.1, 0.15) is 6.42 Å². The Morgan fingerprint density at radius 1 is 1.45 bits per heavy atom. The third-order valence-corrected chi connectivity index (χ3v) is 5.84. The van der Waals surface area contributed by atoms with Gasteiger partial charge in [-0.3, -0.25) is 0 Å². The maximum atomic E-state index is 9.86. The summed E-state index contributed by atoms with van der Waals surface area (Å²) in [5.74, 6) is 0.424. The van der Waals surface area contributed by atoms with Crippen molar-refractivity contribution in [2.45, 2.75) is 6.42 Å². The maximum absolute atomic E-state index is 9.86. The van der Waals surface area contributed by atoms with Gasteiger partial charge in [0.05, 0.1) is 23.4 Å². The summed E-state index contributed by atoms with van der Waals surface area (Å²) in [6.45, 7) is 3.63. The second kappa shape index (κ2) is 4.69. The molecular formula is C15H18N2O2S. The van der Waals surface area contributed by atoms with Crippen LogP contribution in [0.5, 0.6) is 0 Å². The molecule has 3 heterocycles. The van der Waals surface area contributed by atoms with Gasteiger partial charge in [-0.25, -0.2) is 4.98 Å². The van der Waals surface area contributed by atoms with E-state index in [1.807, 2.05) is 6.07 Å². The third-order valence-electron chi connectivity index (χ3n) is 4.74. The molecule has 20 heavy (non-hydrogen) atoms. The van der Waals surface area contributed by atoms with Gasteiger partial charge in [0, 0.05) is 31.0 Å². The van der Waals surface area contributed by atoms with Crippen molar-refractivity contribution < 1.29 is 9.84 Å². The number of aliphatic hydroxyl groups excluding tert-OH is 1. The number of hydrogen-bond donors (Lipinski definition) is 1. The van der Waals surface area contributed by atoms with Crippen LogP contribution in [0.2, 0.25) is 0 Å². The Kier molecular flexibility index (Phi) is 2.94. The molecule has 4 nitrogen and oxygen atoms in total. The average molecular weight is 290 g/mol. The van der Waals surface area contributed by atoms with Gasteiger partial charge in [0.25, 0.3) is 0 Å². The van der Waals surface area contributed by atoms with E-state index in [2.05, 4.69) is 23.1 Å². The first kappa shape index (κ1) is 12.6. The molecule has 2 aromatic rings. The molecule has 0 radical (unpaired) electrons. The summed E-state index contributed by atoms with van der Waals surface area (Å²) in [7, 11) is 0. The smallest absolute Gasteiger partial charge is 0.186 e. The Morgan fingerprint density at radius 2 is 2.35 bits per heavy atom. The molecule has 0 amide bonds. The number of anilines is 1. The Morgan fingerprint density at radius 3 is 3.15 bits per heavy atom. The summed E-state index contributed by atoms with van der Waals surface area (Å²) < 4.78 is 6.83. The van der Waals surface area contributed by atoms with E-state index in [0.29, 0.717) is 5.92 Å². The zero-order valence-electron chi connectivity index (χ0n) is 11.3. The van der Waals surface area contributed by atoms with E-state index in [9.17, 15) is 5.11 Å². The van der Waals surface area contributed by atoms with Gasteiger partial charge >= 0.3 is 0 Å². The minimum absolute atomic E-state index is 0.0100. The van der Waals surface area contributed by atoms with Crippen LogP contribution < -0.4 is 4.90 Å². The summed E-state index contributed by atoms with van der Waals surface area (Å²) in [5.41, 5.74) is 1.08. The van der Waals surface area contributed by atoms with Gasteiger partial charge in [-0.1, -0.05) is 23.5 Å². The van der Waals surface area contributed by atoms with E-state index in [1.165, 1.54) is 4.70 Å². The van der Waals surface area contributed by atoms with Crippen molar-refractivity contribution in [1.82, 2.24) is 4.98 Å². The molecule has 5 heteroatoms. The Balaban J connectivity index is 1.66. The number of fused-ring (bicyclic) bond motifs is 2. The zero-order valence-corrected chi connectivity index (χ0v) is 12.1. The van der Waals surface area contributed by atoms with Crippen LogP contribution in [0.3, 0.4) is 0 Å². The lowest BCUT2D eigenvalue weighted by molar-refractivity contribution is -0.0410. The summed E-state index contributed by atoms with van der Waals surface area (Å²) >= 11 is 1.74. The molecule has 2 saturated heterocycles. The molecule has 1 aromatic heterocycles. The molecule has 2 atom stereocenters. The van der Waals surface area contributed by atoms with Gasteiger partial charge in [0.2, 0.25) is 0 Å². The van der Waals surface area contributed by atoms with Gasteiger partial charge in [-0.2, -0.15) is 0 Å². The summed E-state index contributed by atoms with van der Waals surface area (Å²) in [6, 6.07) is 8.25. The van der Waals surface area contributed by atoms with Gasteiger partial charge in [-0.05, 0) is 18.6 Å². The predicted octanol–water partition coefficient (Wildman–Crippen LogP) is 2.13. The molecule has 0 spiro atoms. The summed E-state index contributed by atoms with van der Waals surface area (Å²) in [4.78, 5) is 7.07. The lowest BCUT2D eigenvalue weighted by Gasteiger charge is -2.36. The fourth-order valence-corrected chi connectivity index (χ4v) is 4.42. The molecule has 0 saturated carbocycles. The highest BCUT2D eigenvalue weighted by molar-refractivity contribution is 7.22. The largest absolute Gasteiger partial charge is 0.396 e. The molecule has 0 unspecified atom stereocenters. The summed E-state index contributed by atoms with van der Waals surface area (Å²) in [6.07, 6.45) is 0.954. The Bertz CT molecular complexity index is 596. The zero-order chi connectivity index (χ0) is 13.6. The molecule has 2 aliphatic heterocycles. The van der Waals surface area contributed by atoms with Crippen molar-refractivity contribution in [2.75, 3.05) is 37.8 Å². The van der Waals surface area contributed by atoms with Gasteiger partial charge in [0.15, 0.2) is 5.13 Å². The van der Waals surface area contributed by atoms with Crippen LogP contribution in [0, 0.1) is 11.3 Å². The van der Waals surface area contributed by atoms with E-state index in [1.54, 1.807) is 11.3 Å². The normalized spacial score (nSPS) is 29.9. The van der Waals surface area contributed by atoms with E-state index >= 15 is 0 Å². The highest BCUT2D eigenvalue weighted by atomic mass is 32.1. The number of thiazole rings is 1. The second-order valence-corrected chi connectivity index (χ2v) is 6.90.